The summed E-state index contributed by atoms with van der Waals surface area (Å²) < 4.78 is 6.66. The Morgan fingerprint density at radius 2 is 1.96 bits per heavy atom. The molecule has 1 heterocycles. The van der Waals surface area contributed by atoms with Crippen LogP contribution in [0.2, 0.25) is 0 Å². The summed E-state index contributed by atoms with van der Waals surface area (Å²) in [5.41, 5.74) is 2.32. The van der Waals surface area contributed by atoms with Crippen molar-refractivity contribution in [3.05, 3.63) is 82.5 Å². The number of aromatic nitrogens is 1. The fourth-order valence-corrected chi connectivity index (χ4v) is 2.40. The second kappa shape index (κ2) is 7.27. The van der Waals surface area contributed by atoms with Crippen LogP contribution >= 0.6 is 15.9 Å². The lowest BCUT2D eigenvalue weighted by Gasteiger charge is -2.09. The van der Waals surface area contributed by atoms with Crippen LogP contribution in [-0.2, 0) is 0 Å². The smallest absolute Gasteiger partial charge is 0.255 e. The van der Waals surface area contributed by atoms with Crippen LogP contribution in [0.1, 0.15) is 15.9 Å². The SMILES string of the molecule is Cc1cc(NC(=O)c2cccc(Oc3ccccn3)c2)ccc1Br. The van der Waals surface area contributed by atoms with Crippen LogP contribution in [0.3, 0.4) is 0 Å². The number of nitrogens with zero attached hydrogens (tertiary/aromatic N) is 1. The molecule has 0 atom stereocenters. The highest BCUT2D eigenvalue weighted by Gasteiger charge is 2.09. The fourth-order valence-electron chi connectivity index (χ4n) is 2.15. The molecule has 1 N–H and O–H groups in total. The first kappa shape index (κ1) is 16.2. The number of pyridine rings is 1. The van der Waals surface area contributed by atoms with Crippen molar-refractivity contribution in [1.29, 1.82) is 0 Å². The molecule has 0 bridgehead atoms. The van der Waals surface area contributed by atoms with E-state index in [4.69, 9.17) is 4.74 Å². The zero-order valence-corrected chi connectivity index (χ0v) is 14.6. The topological polar surface area (TPSA) is 51.2 Å². The molecule has 0 aliphatic carbocycles. The number of hydrogen-bond acceptors (Lipinski definition) is 3. The fraction of sp³-hybridized carbons (Fsp3) is 0.0526. The number of nitrogens with one attached hydrogen (secondary N) is 1. The first-order valence-corrected chi connectivity index (χ1v) is 8.17. The van der Waals surface area contributed by atoms with Gasteiger partial charge in [-0.2, -0.15) is 0 Å². The Morgan fingerprint density at radius 3 is 2.71 bits per heavy atom. The van der Waals surface area contributed by atoms with Gasteiger partial charge in [0.25, 0.3) is 5.91 Å². The van der Waals surface area contributed by atoms with Gasteiger partial charge in [-0.05, 0) is 55.0 Å². The van der Waals surface area contributed by atoms with Gasteiger partial charge in [0, 0.05) is 28.0 Å². The van der Waals surface area contributed by atoms with Crippen molar-refractivity contribution in [1.82, 2.24) is 4.98 Å². The molecule has 0 saturated carbocycles. The van der Waals surface area contributed by atoms with Gasteiger partial charge in [0.15, 0.2) is 0 Å². The van der Waals surface area contributed by atoms with E-state index in [0.717, 1.165) is 15.7 Å². The third kappa shape index (κ3) is 4.00. The molecule has 0 fully saturated rings. The Kier molecular flexibility index (Phi) is 4.91. The summed E-state index contributed by atoms with van der Waals surface area (Å²) in [5.74, 6) is 0.857. The van der Waals surface area contributed by atoms with E-state index >= 15 is 0 Å². The summed E-state index contributed by atoms with van der Waals surface area (Å²) in [6.07, 6.45) is 1.65. The summed E-state index contributed by atoms with van der Waals surface area (Å²) in [7, 11) is 0. The highest BCUT2D eigenvalue weighted by molar-refractivity contribution is 9.10. The maximum atomic E-state index is 12.4. The van der Waals surface area contributed by atoms with Crippen molar-refractivity contribution in [2.45, 2.75) is 6.92 Å². The molecule has 1 amide bonds. The largest absolute Gasteiger partial charge is 0.439 e. The Hall–Kier alpha value is -2.66. The number of halogens is 1. The zero-order chi connectivity index (χ0) is 16.9. The number of aryl methyl sites for hydroxylation is 1. The van der Waals surface area contributed by atoms with Crippen LogP contribution in [0.25, 0.3) is 0 Å². The predicted molar refractivity (Wildman–Crippen MR) is 97.6 cm³/mol. The van der Waals surface area contributed by atoms with Gasteiger partial charge in [-0.15, -0.1) is 0 Å². The third-order valence-electron chi connectivity index (χ3n) is 3.37. The monoisotopic (exact) mass is 382 g/mol. The minimum absolute atomic E-state index is 0.191. The number of hydrogen-bond donors (Lipinski definition) is 1. The van der Waals surface area contributed by atoms with Crippen molar-refractivity contribution >= 4 is 27.5 Å². The van der Waals surface area contributed by atoms with Gasteiger partial charge >= 0.3 is 0 Å². The minimum atomic E-state index is -0.191. The molecule has 0 saturated heterocycles. The van der Waals surface area contributed by atoms with E-state index in [9.17, 15) is 4.79 Å². The molecule has 5 heteroatoms. The van der Waals surface area contributed by atoms with Crippen LogP contribution in [0.4, 0.5) is 5.69 Å². The Labute approximate surface area is 148 Å². The second-order valence-electron chi connectivity index (χ2n) is 5.22. The molecule has 2 aromatic carbocycles. The third-order valence-corrected chi connectivity index (χ3v) is 4.26. The molecule has 4 nitrogen and oxygen atoms in total. The van der Waals surface area contributed by atoms with Gasteiger partial charge in [-0.3, -0.25) is 4.79 Å². The van der Waals surface area contributed by atoms with Crippen LogP contribution in [-0.4, -0.2) is 10.9 Å². The number of amides is 1. The number of carbonyl (C=O) groups excluding carboxylic acids is 1. The summed E-state index contributed by atoms with van der Waals surface area (Å²) in [6, 6.07) is 18.1. The van der Waals surface area contributed by atoms with Gasteiger partial charge in [0.05, 0.1) is 0 Å². The van der Waals surface area contributed by atoms with E-state index in [-0.39, 0.29) is 5.91 Å². The number of anilines is 1. The summed E-state index contributed by atoms with van der Waals surface area (Å²) in [6.45, 7) is 1.97. The average Bonchev–Trinajstić information content (AvgIpc) is 2.59. The van der Waals surface area contributed by atoms with Gasteiger partial charge in [0.2, 0.25) is 5.88 Å². The minimum Gasteiger partial charge on any atom is -0.439 e. The summed E-state index contributed by atoms with van der Waals surface area (Å²) in [5, 5.41) is 2.89. The molecular formula is C19H15BrN2O2. The van der Waals surface area contributed by atoms with Crippen molar-refractivity contribution in [2.75, 3.05) is 5.32 Å². The highest BCUT2D eigenvalue weighted by Crippen LogP contribution is 2.22. The Bertz CT molecular complexity index is 866. The van der Waals surface area contributed by atoms with E-state index in [2.05, 4.69) is 26.2 Å². The Balaban J connectivity index is 1.75. The lowest BCUT2D eigenvalue weighted by Crippen LogP contribution is -2.12. The molecule has 1 aromatic heterocycles. The molecule has 3 aromatic rings. The molecular weight excluding hydrogens is 368 g/mol. The van der Waals surface area contributed by atoms with Gasteiger partial charge in [0.1, 0.15) is 5.75 Å². The maximum absolute atomic E-state index is 12.4. The molecule has 3 rings (SSSR count). The summed E-state index contributed by atoms with van der Waals surface area (Å²) >= 11 is 3.45. The molecule has 0 aliphatic rings. The number of benzene rings is 2. The predicted octanol–water partition coefficient (Wildman–Crippen LogP) is 5.20. The number of carbonyl (C=O) groups is 1. The number of ether oxygens (including phenoxy) is 1. The van der Waals surface area contributed by atoms with Crippen molar-refractivity contribution in [3.63, 3.8) is 0 Å². The van der Waals surface area contributed by atoms with Gasteiger partial charge in [-0.25, -0.2) is 4.98 Å². The van der Waals surface area contributed by atoms with Crippen molar-refractivity contribution in [3.8, 4) is 11.6 Å². The van der Waals surface area contributed by atoms with Crippen LogP contribution in [0.15, 0.2) is 71.3 Å². The standard InChI is InChI=1S/C19H15BrN2O2/c1-13-11-15(8-9-17(13)20)22-19(23)14-5-4-6-16(12-14)24-18-7-2-3-10-21-18/h2-12H,1H3,(H,22,23). The lowest BCUT2D eigenvalue weighted by atomic mass is 10.2. The van der Waals surface area contributed by atoms with Crippen molar-refractivity contribution < 1.29 is 9.53 Å². The van der Waals surface area contributed by atoms with E-state index in [1.807, 2.05) is 37.3 Å². The van der Waals surface area contributed by atoms with Crippen LogP contribution < -0.4 is 10.1 Å². The highest BCUT2D eigenvalue weighted by atomic mass is 79.9. The zero-order valence-electron chi connectivity index (χ0n) is 13.0. The molecule has 24 heavy (non-hydrogen) atoms. The first-order chi connectivity index (χ1) is 11.6. The normalized spacial score (nSPS) is 10.2. The van der Waals surface area contributed by atoms with E-state index in [1.54, 1.807) is 36.5 Å². The quantitative estimate of drug-likeness (QED) is 0.674. The molecule has 0 radical (unpaired) electrons. The molecule has 0 spiro atoms. The van der Waals surface area contributed by atoms with Gasteiger partial charge < -0.3 is 10.1 Å². The van der Waals surface area contributed by atoms with Crippen LogP contribution in [0.5, 0.6) is 11.6 Å². The van der Waals surface area contributed by atoms with E-state index in [1.165, 1.54) is 0 Å². The second-order valence-corrected chi connectivity index (χ2v) is 6.07. The van der Waals surface area contributed by atoms with E-state index in [0.29, 0.717) is 17.2 Å². The van der Waals surface area contributed by atoms with Crippen molar-refractivity contribution in [2.24, 2.45) is 0 Å². The average molecular weight is 383 g/mol. The maximum Gasteiger partial charge on any atom is 0.255 e. The Morgan fingerprint density at radius 1 is 1.08 bits per heavy atom. The molecule has 120 valence electrons. The molecule has 0 aliphatic heterocycles. The van der Waals surface area contributed by atoms with Gasteiger partial charge in [-0.1, -0.05) is 28.1 Å². The summed E-state index contributed by atoms with van der Waals surface area (Å²) in [4.78, 5) is 16.5. The molecule has 0 unspecified atom stereocenters. The first-order valence-electron chi connectivity index (χ1n) is 7.38. The lowest BCUT2D eigenvalue weighted by molar-refractivity contribution is 0.102. The van der Waals surface area contributed by atoms with E-state index < -0.39 is 0 Å². The number of rotatable bonds is 4. The van der Waals surface area contributed by atoms with Crippen LogP contribution in [0, 0.1) is 6.92 Å².